The quantitative estimate of drug-likeness (QED) is 0.470. The molecular formula is C24H28F6N2O3. The highest BCUT2D eigenvalue weighted by Crippen LogP contribution is 2.37. The van der Waals surface area contributed by atoms with E-state index in [1.165, 1.54) is 19.6 Å². The number of hydrogen-bond acceptors (Lipinski definition) is 4. The average molecular weight is 506 g/mol. The lowest BCUT2D eigenvalue weighted by Gasteiger charge is -2.29. The summed E-state index contributed by atoms with van der Waals surface area (Å²) in [6.45, 7) is 2.66. The summed E-state index contributed by atoms with van der Waals surface area (Å²) >= 11 is 0. The molecule has 35 heavy (non-hydrogen) atoms. The first-order valence-corrected chi connectivity index (χ1v) is 10.8. The second kappa shape index (κ2) is 12.3. The molecular weight excluding hydrogens is 478 g/mol. The zero-order valence-corrected chi connectivity index (χ0v) is 19.2. The average Bonchev–Trinajstić information content (AvgIpc) is 2.82. The Hall–Kier alpha value is -2.79. The molecule has 0 aromatic heterocycles. The Labute approximate surface area is 199 Å². The lowest BCUT2D eigenvalue weighted by atomic mass is 9.91. The van der Waals surface area contributed by atoms with Crippen LogP contribution in [0.5, 0.6) is 0 Å². The summed E-state index contributed by atoms with van der Waals surface area (Å²) in [4.78, 5) is 10.5. The molecule has 1 heterocycles. The molecule has 1 saturated heterocycles. The van der Waals surface area contributed by atoms with E-state index in [1.54, 1.807) is 0 Å². The number of nitrogens with two attached hydrogens (primary N) is 1. The Kier molecular flexibility index (Phi) is 9.96. The Morgan fingerprint density at radius 2 is 1.60 bits per heavy atom. The van der Waals surface area contributed by atoms with Gasteiger partial charge in [-0.25, -0.2) is 4.79 Å². The predicted octanol–water partition coefficient (Wildman–Crippen LogP) is 6.25. The van der Waals surface area contributed by atoms with Crippen LogP contribution in [0.25, 0.3) is 0 Å². The molecule has 3 N–H and O–H groups in total. The maximum Gasteiger partial charge on any atom is 0.416 e. The second-order valence-electron chi connectivity index (χ2n) is 8.16. The lowest BCUT2D eigenvalue weighted by molar-refractivity contribution is -0.143. The number of carbonyl (C=O) groups is 1. The number of rotatable bonds is 5. The highest BCUT2D eigenvalue weighted by Gasteiger charge is 2.37. The number of hydrogen-bond donors (Lipinski definition) is 2. The van der Waals surface area contributed by atoms with Gasteiger partial charge >= 0.3 is 18.4 Å². The molecule has 0 bridgehead atoms. The van der Waals surface area contributed by atoms with Crippen LogP contribution >= 0.6 is 0 Å². The zero-order chi connectivity index (χ0) is 26.2. The van der Waals surface area contributed by atoms with Gasteiger partial charge in [-0.15, -0.1) is 0 Å². The summed E-state index contributed by atoms with van der Waals surface area (Å²) in [6, 6.07) is 12.2. The van der Waals surface area contributed by atoms with Crippen molar-refractivity contribution in [1.82, 2.24) is 5.32 Å². The van der Waals surface area contributed by atoms with E-state index in [9.17, 15) is 31.1 Å². The first-order chi connectivity index (χ1) is 16.3. The first-order valence-electron chi connectivity index (χ1n) is 10.8. The van der Waals surface area contributed by atoms with Crippen LogP contribution in [0.2, 0.25) is 0 Å². The van der Waals surface area contributed by atoms with Crippen LogP contribution in [0.15, 0.2) is 48.5 Å². The van der Waals surface area contributed by atoms with Gasteiger partial charge < -0.3 is 20.5 Å². The van der Waals surface area contributed by atoms with Crippen LogP contribution in [0.3, 0.4) is 0 Å². The molecule has 2 aromatic rings. The summed E-state index contributed by atoms with van der Waals surface area (Å²) in [5.41, 5.74) is 3.43. The summed E-state index contributed by atoms with van der Waals surface area (Å²) in [5, 5.41) is 3.48. The number of benzene rings is 2. The standard InChI is InChI=1S/C13H18N2O2.C11H10F6O/c14-13(16)17-9-10-6-7-12(15-8-10)11-4-2-1-3-5-11;1-6(18-2)7-3-8(10(12,13)14)5-9(4-7)11(15,16)17/h1-5,10,12,15H,6-9H2,(H2,14,16);3-6H,1-2H3/t;6-/m.1/s1. The first kappa shape index (κ1) is 28.4. The minimum atomic E-state index is -4.83. The highest BCUT2D eigenvalue weighted by molar-refractivity contribution is 5.64. The number of alkyl halides is 6. The molecule has 5 nitrogen and oxygen atoms in total. The van der Waals surface area contributed by atoms with Crippen LogP contribution in [-0.2, 0) is 21.8 Å². The second-order valence-corrected chi connectivity index (χ2v) is 8.16. The Balaban J connectivity index is 0.000000247. The molecule has 3 atom stereocenters. The van der Waals surface area contributed by atoms with Gasteiger partial charge in [0.1, 0.15) is 0 Å². The van der Waals surface area contributed by atoms with Crippen molar-refractivity contribution in [2.24, 2.45) is 11.7 Å². The van der Waals surface area contributed by atoms with Crippen molar-refractivity contribution < 1.29 is 40.6 Å². The van der Waals surface area contributed by atoms with Crippen LogP contribution in [0.1, 0.15) is 54.2 Å². The molecule has 11 heteroatoms. The number of nitrogens with one attached hydrogen (secondary N) is 1. The number of carbonyl (C=O) groups excluding carboxylic acids is 1. The Bertz CT molecular complexity index is 910. The molecule has 0 spiro atoms. The molecule has 3 rings (SSSR count). The number of primary amides is 1. The van der Waals surface area contributed by atoms with E-state index in [1.807, 2.05) is 6.07 Å². The van der Waals surface area contributed by atoms with E-state index in [4.69, 9.17) is 15.2 Å². The molecule has 1 fully saturated rings. The van der Waals surface area contributed by atoms with Gasteiger partial charge in [0.2, 0.25) is 0 Å². The van der Waals surface area contributed by atoms with Crippen LogP contribution < -0.4 is 11.1 Å². The summed E-state index contributed by atoms with van der Waals surface area (Å²) in [5.74, 6) is 0.377. The number of methoxy groups -OCH3 is 1. The molecule has 1 aliphatic rings. The van der Waals surface area contributed by atoms with Crippen molar-refractivity contribution in [2.75, 3.05) is 20.3 Å². The van der Waals surface area contributed by atoms with Crippen molar-refractivity contribution in [3.05, 3.63) is 70.8 Å². The normalized spacial score (nSPS) is 19.3. The van der Waals surface area contributed by atoms with E-state index >= 15 is 0 Å². The molecule has 1 aliphatic heterocycles. The molecule has 0 radical (unpaired) electrons. The molecule has 0 aliphatic carbocycles. The van der Waals surface area contributed by atoms with Crippen molar-refractivity contribution in [1.29, 1.82) is 0 Å². The summed E-state index contributed by atoms with van der Waals surface area (Å²) < 4.78 is 84.5. The summed E-state index contributed by atoms with van der Waals surface area (Å²) in [6.07, 6.45) is -9.08. The van der Waals surface area contributed by atoms with Gasteiger partial charge in [0.25, 0.3) is 0 Å². The maximum atomic E-state index is 12.5. The number of halogens is 6. The fourth-order valence-electron chi connectivity index (χ4n) is 3.58. The van der Waals surface area contributed by atoms with Gasteiger partial charge in [0, 0.05) is 25.6 Å². The Morgan fingerprint density at radius 3 is 2.03 bits per heavy atom. The van der Waals surface area contributed by atoms with Crippen LogP contribution in [0.4, 0.5) is 31.1 Å². The zero-order valence-electron chi connectivity index (χ0n) is 19.2. The SMILES string of the molecule is CO[C@H](C)c1cc(C(F)(F)F)cc(C(F)(F)F)c1.NC(=O)OCC1CCC(c2ccccc2)NC1. The minimum absolute atomic E-state index is 0.0892. The topological polar surface area (TPSA) is 73.6 Å². The summed E-state index contributed by atoms with van der Waals surface area (Å²) in [7, 11) is 1.21. The predicted molar refractivity (Wildman–Crippen MR) is 117 cm³/mol. The fourth-order valence-corrected chi connectivity index (χ4v) is 3.58. The van der Waals surface area contributed by atoms with Crippen molar-refractivity contribution in [3.63, 3.8) is 0 Å². The third-order valence-corrected chi connectivity index (χ3v) is 5.61. The molecule has 2 aromatic carbocycles. The highest BCUT2D eigenvalue weighted by atomic mass is 19.4. The lowest BCUT2D eigenvalue weighted by Crippen LogP contribution is -2.36. The smallest absolute Gasteiger partial charge is 0.416 e. The van der Waals surface area contributed by atoms with Crippen LogP contribution in [0, 0.1) is 5.92 Å². The molecule has 0 saturated carbocycles. The van der Waals surface area contributed by atoms with Crippen LogP contribution in [-0.4, -0.2) is 26.4 Å². The number of ether oxygens (including phenoxy) is 2. The van der Waals surface area contributed by atoms with E-state index < -0.39 is 35.7 Å². The van der Waals surface area contributed by atoms with Gasteiger partial charge in [0.05, 0.1) is 23.8 Å². The number of amides is 1. The molecule has 2 unspecified atom stereocenters. The van der Waals surface area contributed by atoms with E-state index in [2.05, 4.69) is 29.6 Å². The number of piperidine rings is 1. The van der Waals surface area contributed by atoms with E-state index in [-0.39, 0.29) is 11.6 Å². The molecule has 1 amide bonds. The van der Waals surface area contributed by atoms with Gasteiger partial charge in [-0.1, -0.05) is 30.3 Å². The van der Waals surface area contributed by atoms with Gasteiger partial charge in [-0.2, -0.15) is 26.3 Å². The third-order valence-electron chi connectivity index (χ3n) is 5.61. The van der Waals surface area contributed by atoms with E-state index in [0.29, 0.717) is 30.7 Å². The van der Waals surface area contributed by atoms with Gasteiger partial charge in [-0.05, 0) is 49.1 Å². The molecule has 194 valence electrons. The van der Waals surface area contributed by atoms with E-state index in [0.717, 1.165) is 19.4 Å². The fraction of sp³-hybridized carbons (Fsp3) is 0.458. The maximum absolute atomic E-state index is 12.5. The largest absolute Gasteiger partial charge is 0.449 e. The van der Waals surface area contributed by atoms with Crippen molar-refractivity contribution in [2.45, 2.75) is 44.3 Å². The minimum Gasteiger partial charge on any atom is -0.449 e. The monoisotopic (exact) mass is 506 g/mol. The van der Waals surface area contributed by atoms with Crippen molar-refractivity contribution >= 4 is 6.09 Å². The third kappa shape index (κ3) is 9.06. The Morgan fingerprint density at radius 1 is 1.03 bits per heavy atom. The van der Waals surface area contributed by atoms with Gasteiger partial charge in [-0.3, -0.25) is 0 Å². The van der Waals surface area contributed by atoms with Crippen molar-refractivity contribution in [3.8, 4) is 0 Å². The van der Waals surface area contributed by atoms with Gasteiger partial charge in [0.15, 0.2) is 0 Å².